The first-order valence-electron chi connectivity index (χ1n) is 8.47. The minimum Gasteiger partial charge on any atom is -0.376 e. The maximum Gasteiger partial charge on any atom is 0.165 e. The van der Waals surface area contributed by atoms with Crippen molar-refractivity contribution in [2.75, 3.05) is 11.9 Å². The number of ether oxygens (including phenoxy) is 1. The molecule has 1 aromatic carbocycles. The van der Waals surface area contributed by atoms with Crippen LogP contribution in [0.15, 0.2) is 36.9 Å². The Balaban J connectivity index is 1.65. The lowest BCUT2D eigenvalue weighted by Crippen LogP contribution is -2.14. The highest BCUT2D eigenvalue weighted by molar-refractivity contribution is 5.85. The van der Waals surface area contributed by atoms with E-state index < -0.39 is 0 Å². The van der Waals surface area contributed by atoms with Gasteiger partial charge in [0, 0.05) is 12.3 Å². The summed E-state index contributed by atoms with van der Waals surface area (Å²) in [6, 6.07) is 8.26. The average Bonchev–Trinajstić information content (AvgIpc) is 3.27. The minimum absolute atomic E-state index is 0.259. The summed E-state index contributed by atoms with van der Waals surface area (Å²) in [5, 5.41) is 3.42. The Morgan fingerprint density at radius 1 is 1.25 bits per heavy atom. The van der Waals surface area contributed by atoms with E-state index in [1.54, 1.807) is 6.33 Å². The SMILES string of the molecule is CCc1ccccc1Nc1ncnc2c1ncn2CC1CCCO1. The van der Waals surface area contributed by atoms with E-state index in [4.69, 9.17) is 4.74 Å². The Kier molecular flexibility index (Phi) is 4.13. The van der Waals surface area contributed by atoms with Crippen LogP contribution in [0.2, 0.25) is 0 Å². The van der Waals surface area contributed by atoms with Crippen LogP contribution >= 0.6 is 0 Å². The first kappa shape index (κ1) is 15.1. The van der Waals surface area contributed by atoms with Gasteiger partial charge in [0.2, 0.25) is 0 Å². The molecule has 2 aromatic heterocycles. The van der Waals surface area contributed by atoms with Gasteiger partial charge in [-0.15, -0.1) is 0 Å². The number of anilines is 2. The number of aryl methyl sites for hydroxylation is 1. The molecule has 1 N–H and O–H groups in total. The zero-order valence-corrected chi connectivity index (χ0v) is 13.8. The number of imidazole rings is 1. The number of rotatable bonds is 5. The highest BCUT2D eigenvalue weighted by atomic mass is 16.5. The van der Waals surface area contributed by atoms with Crippen molar-refractivity contribution in [2.45, 2.75) is 38.8 Å². The molecule has 1 fully saturated rings. The number of fused-ring (bicyclic) bond motifs is 1. The van der Waals surface area contributed by atoms with Crippen molar-refractivity contribution in [2.24, 2.45) is 0 Å². The molecule has 0 amide bonds. The Morgan fingerprint density at radius 2 is 2.17 bits per heavy atom. The zero-order valence-electron chi connectivity index (χ0n) is 13.8. The van der Waals surface area contributed by atoms with Crippen molar-refractivity contribution >= 4 is 22.7 Å². The van der Waals surface area contributed by atoms with Crippen LogP contribution in [0.3, 0.4) is 0 Å². The lowest BCUT2D eigenvalue weighted by molar-refractivity contribution is 0.0978. The van der Waals surface area contributed by atoms with Gasteiger partial charge in [0.15, 0.2) is 17.0 Å². The summed E-state index contributed by atoms with van der Waals surface area (Å²) >= 11 is 0. The third-order valence-electron chi connectivity index (χ3n) is 4.48. The third kappa shape index (κ3) is 2.85. The normalized spacial score (nSPS) is 17.5. The zero-order chi connectivity index (χ0) is 16.4. The Morgan fingerprint density at radius 3 is 3.00 bits per heavy atom. The second-order valence-corrected chi connectivity index (χ2v) is 6.06. The predicted octanol–water partition coefficient (Wildman–Crippen LogP) is 3.31. The molecular formula is C18H21N5O. The van der Waals surface area contributed by atoms with E-state index in [0.717, 1.165) is 55.1 Å². The number of benzene rings is 1. The number of nitrogens with one attached hydrogen (secondary N) is 1. The van der Waals surface area contributed by atoms with E-state index in [1.165, 1.54) is 5.56 Å². The van der Waals surface area contributed by atoms with Gasteiger partial charge in [0.1, 0.15) is 6.33 Å². The lowest BCUT2D eigenvalue weighted by Gasteiger charge is -2.12. The molecule has 0 bridgehead atoms. The van der Waals surface area contributed by atoms with Gasteiger partial charge in [0.25, 0.3) is 0 Å². The van der Waals surface area contributed by atoms with Gasteiger partial charge in [-0.1, -0.05) is 25.1 Å². The quantitative estimate of drug-likeness (QED) is 0.780. The number of hydrogen-bond donors (Lipinski definition) is 1. The highest BCUT2D eigenvalue weighted by Gasteiger charge is 2.18. The summed E-state index contributed by atoms with van der Waals surface area (Å²) in [5.74, 6) is 0.743. The maximum atomic E-state index is 5.72. The van der Waals surface area contributed by atoms with Crippen LogP contribution in [0, 0.1) is 0 Å². The van der Waals surface area contributed by atoms with Gasteiger partial charge in [-0.05, 0) is 30.9 Å². The number of aromatic nitrogens is 4. The molecule has 0 radical (unpaired) electrons. The van der Waals surface area contributed by atoms with Gasteiger partial charge < -0.3 is 14.6 Å². The topological polar surface area (TPSA) is 64.9 Å². The third-order valence-corrected chi connectivity index (χ3v) is 4.48. The van der Waals surface area contributed by atoms with Crippen LogP contribution in [0.25, 0.3) is 11.2 Å². The van der Waals surface area contributed by atoms with Crippen LogP contribution in [-0.4, -0.2) is 32.2 Å². The molecule has 0 aliphatic carbocycles. The molecule has 6 heteroatoms. The molecule has 24 heavy (non-hydrogen) atoms. The van der Waals surface area contributed by atoms with E-state index in [1.807, 2.05) is 12.4 Å². The molecule has 1 atom stereocenters. The van der Waals surface area contributed by atoms with Crippen molar-refractivity contribution in [1.82, 2.24) is 19.5 Å². The molecule has 1 saturated heterocycles. The van der Waals surface area contributed by atoms with E-state index in [9.17, 15) is 0 Å². The van der Waals surface area contributed by atoms with E-state index in [-0.39, 0.29) is 6.10 Å². The average molecular weight is 323 g/mol. The summed E-state index contributed by atoms with van der Waals surface area (Å²) < 4.78 is 7.78. The van der Waals surface area contributed by atoms with E-state index >= 15 is 0 Å². The monoisotopic (exact) mass is 323 g/mol. The molecular weight excluding hydrogens is 302 g/mol. The van der Waals surface area contributed by atoms with Crippen LogP contribution in [0.1, 0.15) is 25.3 Å². The smallest absolute Gasteiger partial charge is 0.165 e. The summed E-state index contributed by atoms with van der Waals surface area (Å²) in [6.45, 7) is 3.79. The van der Waals surface area contributed by atoms with Gasteiger partial charge in [-0.25, -0.2) is 15.0 Å². The number of hydrogen-bond acceptors (Lipinski definition) is 5. The Labute approximate surface area is 140 Å². The molecule has 124 valence electrons. The second kappa shape index (κ2) is 6.57. The van der Waals surface area contributed by atoms with Crippen LogP contribution < -0.4 is 5.32 Å². The Bertz CT molecular complexity index is 838. The molecule has 1 unspecified atom stereocenters. The second-order valence-electron chi connectivity index (χ2n) is 6.06. The molecule has 1 aliphatic heterocycles. The van der Waals surface area contributed by atoms with Crippen molar-refractivity contribution < 1.29 is 4.74 Å². The van der Waals surface area contributed by atoms with Gasteiger partial charge in [-0.2, -0.15) is 0 Å². The molecule has 0 spiro atoms. The molecule has 0 saturated carbocycles. The predicted molar refractivity (Wildman–Crippen MR) is 93.4 cm³/mol. The fourth-order valence-corrected chi connectivity index (χ4v) is 3.19. The molecule has 3 aromatic rings. The van der Waals surface area contributed by atoms with Crippen molar-refractivity contribution in [3.05, 3.63) is 42.5 Å². The van der Waals surface area contributed by atoms with Gasteiger partial charge in [-0.3, -0.25) is 0 Å². The minimum atomic E-state index is 0.259. The van der Waals surface area contributed by atoms with Crippen LogP contribution in [0.4, 0.5) is 11.5 Å². The maximum absolute atomic E-state index is 5.72. The van der Waals surface area contributed by atoms with Gasteiger partial charge in [0.05, 0.1) is 19.0 Å². The summed E-state index contributed by atoms with van der Waals surface area (Å²) in [4.78, 5) is 13.3. The summed E-state index contributed by atoms with van der Waals surface area (Å²) in [5.41, 5.74) is 3.95. The van der Waals surface area contributed by atoms with Crippen LogP contribution in [-0.2, 0) is 17.7 Å². The fraction of sp³-hybridized carbons (Fsp3) is 0.389. The van der Waals surface area contributed by atoms with Gasteiger partial charge >= 0.3 is 0 Å². The number of nitrogens with zero attached hydrogens (tertiary/aromatic N) is 4. The lowest BCUT2D eigenvalue weighted by atomic mass is 10.1. The largest absolute Gasteiger partial charge is 0.376 e. The van der Waals surface area contributed by atoms with Crippen molar-refractivity contribution in [1.29, 1.82) is 0 Å². The highest BCUT2D eigenvalue weighted by Crippen LogP contribution is 2.25. The van der Waals surface area contributed by atoms with Crippen molar-refractivity contribution in [3.8, 4) is 0 Å². The molecule has 6 nitrogen and oxygen atoms in total. The molecule has 1 aliphatic rings. The summed E-state index contributed by atoms with van der Waals surface area (Å²) in [6.07, 6.45) is 6.87. The van der Waals surface area contributed by atoms with E-state index in [0.29, 0.717) is 0 Å². The standard InChI is InChI=1S/C18H21N5O/c1-2-13-6-3-4-8-15(13)22-17-16-18(20-11-19-17)23(12-21-16)10-14-7-5-9-24-14/h3-4,6,8,11-12,14H,2,5,7,9-10H2,1H3,(H,19,20,22). The van der Waals surface area contributed by atoms with Crippen molar-refractivity contribution in [3.63, 3.8) is 0 Å². The number of para-hydroxylation sites is 1. The van der Waals surface area contributed by atoms with Crippen LogP contribution in [0.5, 0.6) is 0 Å². The summed E-state index contributed by atoms with van der Waals surface area (Å²) in [7, 11) is 0. The first-order valence-corrected chi connectivity index (χ1v) is 8.47. The Hall–Kier alpha value is -2.47. The van der Waals surface area contributed by atoms with E-state index in [2.05, 4.69) is 50.0 Å². The fourth-order valence-electron chi connectivity index (χ4n) is 3.19. The first-order chi connectivity index (χ1) is 11.8. The molecule has 3 heterocycles. The molecule has 4 rings (SSSR count).